The van der Waals surface area contributed by atoms with Crippen LogP contribution in [0.3, 0.4) is 0 Å². The maximum atomic E-state index is 12.9. The van der Waals surface area contributed by atoms with E-state index < -0.39 is 42.1 Å². The Bertz CT molecular complexity index is 760. The van der Waals surface area contributed by atoms with Gasteiger partial charge in [-0.3, -0.25) is 24.1 Å². The van der Waals surface area contributed by atoms with Gasteiger partial charge in [0.2, 0.25) is 17.6 Å². The Morgan fingerprint density at radius 1 is 1.12 bits per heavy atom. The Morgan fingerprint density at radius 3 is 2.19 bits per heavy atom. The van der Waals surface area contributed by atoms with E-state index >= 15 is 0 Å². The van der Waals surface area contributed by atoms with Crippen molar-refractivity contribution in [1.82, 2.24) is 4.90 Å². The van der Waals surface area contributed by atoms with Gasteiger partial charge in [0.05, 0.1) is 11.8 Å². The number of allylic oxidation sites excluding steroid dienone is 2. The number of amides is 2. The number of carbonyl (C=O) groups excluding carboxylic acids is 4. The number of hydrogen-bond donors (Lipinski definition) is 0. The maximum Gasteiger partial charge on any atom is 0.326 e. The third-order valence-corrected chi connectivity index (χ3v) is 4.69. The summed E-state index contributed by atoms with van der Waals surface area (Å²) in [6.07, 6.45) is 3.58. The van der Waals surface area contributed by atoms with Gasteiger partial charge in [0.25, 0.3) is 0 Å². The predicted molar refractivity (Wildman–Crippen MR) is 88.4 cm³/mol. The Hall–Kier alpha value is -2.83. The highest BCUT2D eigenvalue weighted by molar-refractivity contribution is 6.07. The van der Waals surface area contributed by atoms with E-state index in [0.29, 0.717) is 12.8 Å². The molecule has 3 rings (SSSR count). The lowest BCUT2D eigenvalue weighted by Gasteiger charge is -2.16. The minimum Gasteiger partial charge on any atom is -0.453 e. The zero-order valence-corrected chi connectivity index (χ0v) is 14.2. The second-order valence-corrected chi connectivity index (χ2v) is 6.42. The molecule has 1 saturated heterocycles. The average Bonchev–Trinajstić information content (AvgIpc) is 2.87. The first-order valence-electron chi connectivity index (χ1n) is 8.38. The van der Waals surface area contributed by atoms with Gasteiger partial charge in [-0.1, -0.05) is 12.2 Å². The van der Waals surface area contributed by atoms with Crippen LogP contribution in [-0.2, 0) is 19.1 Å². The van der Waals surface area contributed by atoms with Gasteiger partial charge in [-0.25, -0.2) is 4.39 Å². The number of halogens is 1. The monoisotopic (exact) mass is 359 g/mol. The quantitative estimate of drug-likeness (QED) is 0.347. The Labute approximate surface area is 149 Å². The number of nitrogens with zero attached hydrogens (tertiary/aromatic N) is 1. The first kappa shape index (κ1) is 18.0. The van der Waals surface area contributed by atoms with Crippen molar-refractivity contribution in [3.63, 3.8) is 0 Å². The van der Waals surface area contributed by atoms with Crippen molar-refractivity contribution in [2.75, 3.05) is 6.54 Å². The summed E-state index contributed by atoms with van der Waals surface area (Å²) in [6, 6.07) is 4.87. The van der Waals surface area contributed by atoms with Gasteiger partial charge < -0.3 is 4.74 Å². The molecule has 1 aromatic rings. The molecular weight excluding hydrogens is 341 g/mol. The van der Waals surface area contributed by atoms with Gasteiger partial charge in [-0.2, -0.15) is 0 Å². The van der Waals surface area contributed by atoms with Gasteiger partial charge in [0.15, 0.2) is 6.10 Å². The molecule has 1 heterocycles. The van der Waals surface area contributed by atoms with Crippen LogP contribution in [0.4, 0.5) is 4.39 Å². The number of Topliss-reactive ketones (excluding diaryl/α,β-unsaturated/α-hetero) is 1. The molecule has 0 aromatic heterocycles. The van der Waals surface area contributed by atoms with Crippen LogP contribution in [0.5, 0.6) is 0 Å². The summed E-state index contributed by atoms with van der Waals surface area (Å²) in [6.45, 7) is 0.882. The van der Waals surface area contributed by atoms with Gasteiger partial charge in [0.1, 0.15) is 12.4 Å². The van der Waals surface area contributed by atoms with Gasteiger partial charge >= 0.3 is 5.97 Å². The Morgan fingerprint density at radius 2 is 1.65 bits per heavy atom. The molecule has 2 amide bonds. The van der Waals surface area contributed by atoms with Crippen molar-refractivity contribution >= 4 is 23.6 Å². The number of rotatable bonds is 5. The predicted octanol–water partition coefficient (Wildman–Crippen LogP) is 1.89. The summed E-state index contributed by atoms with van der Waals surface area (Å²) in [4.78, 5) is 49.9. The zero-order valence-electron chi connectivity index (χ0n) is 14.2. The van der Waals surface area contributed by atoms with Crippen molar-refractivity contribution in [2.45, 2.75) is 25.9 Å². The molecule has 1 aromatic carbocycles. The van der Waals surface area contributed by atoms with E-state index in [4.69, 9.17) is 4.74 Å². The van der Waals surface area contributed by atoms with E-state index in [1.807, 2.05) is 12.2 Å². The van der Waals surface area contributed by atoms with Crippen LogP contribution < -0.4 is 0 Å². The zero-order chi connectivity index (χ0) is 18.8. The van der Waals surface area contributed by atoms with E-state index in [-0.39, 0.29) is 17.4 Å². The lowest BCUT2D eigenvalue weighted by Crippen LogP contribution is -2.38. The molecular formula is C19H18FNO5. The number of benzene rings is 1. The molecule has 2 aliphatic rings. The molecule has 0 saturated carbocycles. The number of ketones is 1. The summed E-state index contributed by atoms with van der Waals surface area (Å²) in [5.41, 5.74) is 0.206. The molecule has 136 valence electrons. The van der Waals surface area contributed by atoms with Gasteiger partial charge in [-0.15, -0.1) is 0 Å². The molecule has 1 aliphatic carbocycles. The fourth-order valence-electron chi connectivity index (χ4n) is 3.29. The molecule has 1 aliphatic heterocycles. The number of likely N-dealkylation sites (tertiary alicyclic amines) is 1. The van der Waals surface area contributed by atoms with Crippen molar-refractivity contribution < 1.29 is 28.3 Å². The van der Waals surface area contributed by atoms with Crippen LogP contribution in [0.25, 0.3) is 0 Å². The van der Waals surface area contributed by atoms with E-state index in [0.717, 1.165) is 17.0 Å². The summed E-state index contributed by atoms with van der Waals surface area (Å²) >= 11 is 0. The van der Waals surface area contributed by atoms with Gasteiger partial charge in [-0.05, 0) is 44.0 Å². The molecule has 0 radical (unpaired) electrons. The fraction of sp³-hybridized carbons (Fsp3) is 0.368. The van der Waals surface area contributed by atoms with E-state index in [1.54, 1.807) is 0 Å². The van der Waals surface area contributed by atoms with E-state index in [2.05, 4.69) is 0 Å². The first-order valence-corrected chi connectivity index (χ1v) is 8.38. The van der Waals surface area contributed by atoms with Crippen molar-refractivity contribution in [3.05, 3.63) is 47.8 Å². The smallest absolute Gasteiger partial charge is 0.326 e. The van der Waals surface area contributed by atoms with Crippen LogP contribution in [0.15, 0.2) is 36.4 Å². The summed E-state index contributed by atoms with van der Waals surface area (Å²) in [5.74, 6) is -3.39. The first-order chi connectivity index (χ1) is 12.4. The number of imide groups is 1. The van der Waals surface area contributed by atoms with Crippen LogP contribution in [0.2, 0.25) is 0 Å². The molecule has 0 bridgehead atoms. The second-order valence-electron chi connectivity index (χ2n) is 6.42. The van der Waals surface area contributed by atoms with E-state index in [1.165, 1.54) is 19.1 Å². The Balaban J connectivity index is 1.60. The van der Waals surface area contributed by atoms with Crippen molar-refractivity contribution in [1.29, 1.82) is 0 Å². The molecule has 26 heavy (non-hydrogen) atoms. The topological polar surface area (TPSA) is 80.8 Å². The summed E-state index contributed by atoms with van der Waals surface area (Å²) < 4.78 is 18.0. The number of hydrogen-bond acceptors (Lipinski definition) is 5. The Kier molecular flexibility index (Phi) is 4.97. The number of esters is 1. The number of ether oxygens (including phenoxy) is 1. The lowest BCUT2D eigenvalue weighted by molar-refractivity contribution is -0.154. The van der Waals surface area contributed by atoms with E-state index in [9.17, 15) is 23.6 Å². The van der Waals surface area contributed by atoms with Crippen LogP contribution >= 0.6 is 0 Å². The third kappa shape index (κ3) is 3.42. The molecule has 1 fully saturated rings. The minimum absolute atomic E-state index is 0.206. The van der Waals surface area contributed by atoms with Crippen molar-refractivity contribution in [2.24, 2.45) is 11.8 Å². The average molecular weight is 359 g/mol. The van der Waals surface area contributed by atoms with Crippen LogP contribution in [-0.4, -0.2) is 41.1 Å². The van der Waals surface area contributed by atoms with Crippen LogP contribution in [0, 0.1) is 17.7 Å². The van der Waals surface area contributed by atoms with Crippen molar-refractivity contribution in [3.8, 4) is 0 Å². The lowest BCUT2D eigenvalue weighted by atomic mass is 9.85. The minimum atomic E-state index is -1.11. The molecule has 0 spiro atoms. The number of fused-ring (bicyclic) bond motifs is 1. The van der Waals surface area contributed by atoms with Gasteiger partial charge in [0, 0.05) is 5.56 Å². The fourth-order valence-corrected chi connectivity index (χ4v) is 3.29. The largest absolute Gasteiger partial charge is 0.453 e. The van der Waals surface area contributed by atoms with Crippen LogP contribution in [0.1, 0.15) is 30.1 Å². The summed E-state index contributed by atoms with van der Waals surface area (Å²) in [5, 5.41) is 0. The maximum absolute atomic E-state index is 12.9. The highest BCUT2D eigenvalue weighted by atomic mass is 19.1. The molecule has 0 unspecified atom stereocenters. The highest BCUT2D eigenvalue weighted by Crippen LogP contribution is 2.34. The molecule has 6 nitrogen and oxygen atoms in total. The SMILES string of the molecule is C[C@H](OC(=O)CN1C(=O)[C@H]2CC=CC[C@@H]2C1=O)C(=O)c1ccc(F)cc1. The highest BCUT2D eigenvalue weighted by Gasteiger charge is 2.47. The second kappa shape index (κ2) is 7.19. The molecule has 7 heteroatoms. The standard InChI is InChI=1S/C19H18FNO5/c1-11(17(23)12-6-8-13(20)9-7-12)26-16(22)10-21-18(24)14-4-2-3-5-15(14)19(21)25/h2-3,6-9,11,14-15H,4-5,10H2,1H3/t11-,14-,15-/m0/s1. The molecule has 3 atom stereocenters. The molecule has 0 N–H and O–H groups in total. The number of carbonyl (C=O) groups is 4. The third-order valence-electron chi connectivity index (χ3n) is 4.69. The summed E-state index contributed by atoms with van der Waals surface area (Å²) in [7, 11) is 0. The normalized spacial score (nSPS) is 22.9.